The Kier molecular flexibility index (Phi) is 5.41. The van der Waals surface area contributed by atoms with Gasteiger partial charge in [-0.2, -0.15) is 13.2 Å². The van der Waals surface area contributed by atoms with Gasteiger partial charge in [-0.3, -0.25) is 14.5 Å². The zero-order valence-corrected chi connectivity index (χ0v) is 15.3. The normalized spacial score (nSPS) is 14.5. The van der Waals surface area contributed by atoms with Crippen molar-refractivity contribution in [3.63, 3.8) is 0 Å². The number of hydrogen-bond acceptors (Lipinski definition) is 4. The minimum Gasteiger partial charge on any atom is -0.322 e. The van der Waals surface area contributed by atoms with Crippen LogP contribution < -0.4 is 10.0 Å². The first-order valence-corrected chi connectivity index (χ1v) is 9.78. The van der Waals surface area contributed by atoms with Gasteiger partial charge in [-0.15, -0.1) is 0 Å². The monoisotopic (exact) mass is 411 g/mol. The number of benzene rings is 2. The first-order chi connectivity index (χ1) is 13.1. The number of nitrogens with one attached hydrogen (secondary N) is 2. The van der Waals surface area contributed by atoms with E-state index in [2.05, 4.69) is 15.0 Å². The highest BCUT2D eigenvalue weighted by atomic mass is 32.2. The third kappa shape index (κ3) is 4.69. The highest BCUT2D eigenvalue weighted by molar-refractivity contribution is 7.90. The predicted molar refractivity (Wildman–Crippen MR) is 97.7 cm³/mol. The van der Waals surface area contributed by atoms with Crippen LogP contribution in [-0.2, 0) is 16.2 Å². The lowest BCUT2D eigenvalue weighted by Gasteiger charge is -2.10. The van der Waals surface area contributed by atoms with E-state index in [1.807, 2.05) is 0 Å². The zero-order valence-electron chi connectivity index (χ0n) is 14.5. The molecule has 0 fully saturated rings. The SMILES string of the molecule is O=C(Nc1ccc(S(=O)(=O)NC2=NCCC2)cc1)c1ccc(C(F)(F)F)cc1. The minimum atomic E-state index is -4.48. The van der Waals surface area contributed by atoms with Gasteiger partial charge in [0.05, 0.1) is 10.5 Å². The Labute approximate surface area is 159 Å². The molecule has 0 unspecified atom stereocenters. The summed E-state index contributed by atoms with van der Waals surface area (Å²) in [6.07, 6.45) is -3.11. The lowest BCUT2D eigenvalue weighted by Crippen LogP contribution is -2.29. The van der Waals surface area contributed by atoms with E-state index in [0.717, 1.165) is 30.7 Å². The van der Waals surface area contributed by atoms with Gasteiger partial charge in [0.25, 0.3) is 15.9 Å². The van der Waals surface area contributed by atoms with Gasteiger partial charge in [0.2, 0.25) is 0 Å². The summed E-state index contributed by atoms with van der Waals surface area (Å²) in [6.45, 7) is 0.590. The molecule has 0 saturated heterocycles. The van der Waals surface area contributed by atoms with Gasteiger partial charge in [0.15, 0.2) is 0 Å². The van der Waals surface area contributed by atoms with E-state index >= 15 is 0 Å². The number of amidine groups is 1. The van der Waals surface area contributed by atoms with Crippen molar-refractivity contribution in [2.75, 3.05) is 11.9 Å². The Balaban J connectivity index is 1.67. The van der Waals surface area contributed by atoms with Crippen molar-refractivity contribution in [1.29, 1.82) is 0 Å². The fourth-order valence-corrected chi connectivity index (χ4v) is 3.66. The molecule has 6 nitrogen and oxygen atoms in total. The smallest absolute Gasteiger partial charge is 0.322 e. The maximum absolute atomic E-state index is 12.6. The first kappa shape index (κ1) is 19.9. The van der Waals surface area contributed by atoms with E-state index in [0.29, 0.717) is 24.5 Å². The third-order valence-electron chi connectivity index (χ3n) is 4.02. The lowest BCUT2D eigenvalue weighted by molar-refractivity contribution is -0.137. The van der Waals surface area contributed by atoms with E-state index < -0.39 is 27.7 Å². The molecule has 2 N–H and O–H groups in total. The van der Waals surface area contributed by atoms with Crippen molar-refractivity contribution in [2.24, 2.45) is 4.99 Å². The molecule has 1 aliphatic heterocycles. The van der Waals surface area contributed by atoms with Crippen molar-refractivity contribution in [2.45, 2.75) is 23.9 Å². The van der Waals surface area contributed by atoms with E-state index in [-0.39, 0.29) is 10.5 Å². The topological polar surface area (TPSA) is 87.6 Å². The quantitative estimate of drug-likeness (QED) is 0.808. The molecule has 1 aliphatic rings. The van der Waals surface area contributed by atoms with Crippen LogP contribution in [0.15, 0.2) is 58.4 Å². The first-order valence-electron chi connectivity index (χ1n) is 8.30. The Hall–Kier alpha value is -2.88. The molecular formula is C18H16F3N3O3S. The van der Waals surface area contributed by atoms with E-state index in [4.69, 9.17) is 0 Å². The second-order valence-corrected chi connectivity index (χ2v) is 7.77. The van der Waals surface area contributed by atoms with Crippen LogP contribution in [0.4, 0.5) is 18.9 Å². The molecule has 0 aromatic heterocycles. The van der Waals surface area contributed by atoms with Gasteiger partial charge in [-0.05, 0) is 55.0 Å². The Morgan fingerprint density at radius 3 is 2.18 bits per heavy atom. The van der Waals surface area contributed by atoms with Crippen molar-refractivity contribution in [3.05, 3.63) is 59.7 Å². The fraction of sp³-hybridized carbons (Fsp3) is 0.222. The van der Waals surface area contributed by atoms with Crippen LogP contribution in [0.2, 0.25) is 0 Å². The van der Waals surface area contributed by atoms with Gasteiger partial charge in [0, 0.05) is 24.2 Å². The minimum absolute atomic E-state index is 0.00892. The number of sulfonamides is 1. The van der Waals surface area contributed by atoms with E-state index in [1.54, 1.807) is 0 Å². The number of halogens is 3. The molecule has 0 bridgehead atoms. The lowest BCUT2D eigenvalue weighted by atomic mass is 10.1. The Morgan fingerprint density at radius 2 is 1.64 bits per heavy atom. The summed E-state index contributed by atoms with van der Waals surface area (Å²) in [5, 5.41) is 2.51. The third-order valence-corrected chi connectivity index (χ3v) is 5.42. The van der Waals surface area contributed by atoms with Crippen LogP contribution in [0.5, 0.6) is 0 Å². The summed E-state index contributed by atoms with van der Waals surface area (Å²) in [5.41, 5.74) is -0.495. The summed E-state index contributed by atoms with van der Waals surface area (Å²) in [5.74, 6) is -0.192. The number of alkyl halides is 3. The van der Waals surface area contributed by atoms with Gasteiger partial charge < -0.3 is 5.32 Å². The number of hydrogen-bond donors (Lipinski definition) is 2. The van der Waals surface area contributed by atoms with Crippen molar-refractivity contribution >= 4 is 27.5 Å². The van der Waals surface area contributed by atoms with Crippen molar-refractivity contribution < 1.29 is 26.4 Å². The van der Waals surface area contributed by atoms with Crippen LogP contribution >= 0.6 is 0 Å². The molecule has 0 atom stereocenters. The fourth-order valence-electron chi connectivity index (χ4n) is 2.57. The molecule has 1 heterocycles. The van der Waals surface area contributed by atoms with E-state index in [9.17, 15) is 26.4 Å². The molecule has 0 spiro atoms. The van der Waals surface area contributed by atoms with Crippen LogP contribution in [0.25, 0.3) is 0 Å². The predicted octanol–water partition coefficient (Wildman–Crippen LogP) is 3.43. The van der Waals surface area contributed by atoms with Crippen molar-refractivity contribution in [1.82, 2.24) is 4.72 Å². The summed E-state index contributed by atoms with van der Waals surface area (Å²) in [4.78, 5) is 16.2. The molecule has 10 heteroatoms. The molecule has 2 aromatic carbocycles. The van der Waals surface area contributed by atoms with Crippen LogP contribution in [0.1, 0.15) is 28.8 Å². The molecular weight excluding hydrogens is 395 g/mol. The molecule has 1 amide bonds. The average Bonchev–Trinajstić information content (AvgIpc) is 3.14. The molecule has 148 valence electrons. The Morgan fingerprint density at radius 1 is 1.00 bits per heavy atom. The zero-order chi connectivity index (χ0) is 20.4. The maximum atomic E-state index is 12.6. The van der Waals surface area contributed by atoms with Gasteiger partial charge >= 0.3 is 6.18 Å². The highest BCUT2D eigenvalue weighted by Crippen LogP contribution is 2.29. The molecule has 2 aromatic rings. The largest absolute Gasteiger partial charge is 0.416 e. The molecule has 0 saturated carbocycles. The second kappa shape index (κ2) is 7.63. The number of amides is 1. The number of nitrogens with zero attached hydrogens (tertiary/aromatic N) is 1. The summed E-state index contributed by atoms with van der Waals surface area (Å²) >= 11 is 0. The number of rotatable bonds is 4. The molecule has 0 aliphatic carbocycles. The van der Waals surface area contributed by atoms with Gasteiger partial charge in [-0.1, -0.05) is 0 Å². The molecule has 3 rings (SSSR count). The van der Waals surface area contributed by atoms with Gasteiger partial charge in [-0.25, -0.2) is 8.42 Å². The number of carbonyl (C=O) groups excluding carboxylic acids is 1. The summed E-state index contributed by atoms with van der Waals surface area (Å²) in [6, 6.07) is 9.22. The van der Waals surface area contributed by atoms with Crippen LogP contribution in [0, 0.1) is 0 Å². The van der Waals surface area contributed by atoms with Crippen LogP contribution in [0.3, 0.4) is 0 Å². The maximum Gasteiger partial charge on any atom is 0.416 e. The highest BCUT2D eigenvalue weighted by Gasteiger charge is 2.30. The molecule has 28 heavy (non-hydrogen) atoms. The Bertz CT molecular complexity index is 999. The number of aliphatic imine (C=N–C) groups is 1. The summed E-state index contributed by atoms with van der Waals surface area (Å²) < 4.78 is 64.7. The standard InChI is InChI=1S/C18H16F3N3O3S/c19-18(20,21)13-5-3-12(4-6-13)17(25)23-14-7-9-15(10-8-14)28(26,27)24-16-2-1-11-22-16/h3-10H,1-2,11H2,(H,22,24)(H,23,25). The molecule has 0 radical (unpaired) electrons. The van der Waals surface area contributed by atoms with Gasteiger partial charge in [0.1, 0.15) is 5.84 Å². The second-order valence-electron chi connectivity index (χ2n) is 6.09. The summed E-state index contributed by atoms with van der Waals surface area (Å²) in [7, 11) is -3.76. The van der Waals surface area contributed by atoms with Crippen LogP contribution in [-0.4, -0.2) is 26.7 Å². The average molecular weight is 411 g/mol. The number of anilines is 1. The van der Waals surface area contributed by atoms with E-state index in [1.165, 1.54) is 24.3 Å². The number of carbonyl (C=O) groups is 1. The van der Waals surface area contributed by atoms with Crippen molar-refractivity contribution in [3.8, 4) is 0 Å².